The SMILES string of the molecule is Cc1cc(Cc2ccc(C(N)=O)cc2)c(=O)n(CC(=O)Cc2ccc(Br)cc2)n1. The molecule has 3 aromatic rings. The van der Waals surface area contributed by atoms with Crippen molar-refractivity contribution in [1.29, 1.82) is 0 Å². The van der Waals surface area contributed by atoms with E-state index in [-0.39, 0.29) is 24.3 Å². The number of nitrogens with zero attached hydrogens (tertiary/aromatic N) is 2. The van der Waals surface area contributed by atoms with Crippen LogP contribution in [0, 0.1) is 6.92 Å². The second-order valence-corrected chi connectivity index (χ2v) is 7.77. The van der Waals surface area contributed by atoms with Gasteiger partial charge in [-0.05, 0) is 48.4 Å². The molecule has 0 spiro atoms. The Labute approximate surface area is 176 Å². The predicted octanol–water partition coefficient (Wildman–Crippen LogP) is 2.82. The summed E-state index contributed by atoms with van der Waals surface area (Å²) in [6.45, 7) is 1.71. The van der Waals surface area contributed by atoms with E-state index in [1.807, 2.05) is 24.3 Å². The number of aryl methyl sites for hydroxylation is 1. The third-order valence-corrected chi connectivity index (χ3v) is 4.97. The Bertz CT molecular complexity index is 1100. The number of aromatic nitrogens is 2. The van der Waals surface area contributed by atoms with Crippen molar-refractivity contribution in [1.82, 2.24) is 9.78 Å². The summed E-state index contributed by atoms with van der Waals surface area (Å²) < 4.78 is 2.17. The maximum Gasteiger partial charge on any atom is 0.270 e. The normalized spacial score (nSPS) is 10.7. The number of carbonyl (C=O) groups excluding carboxylic acids is 2. The molecular weight excluding hydrogens is 434 g/mol. The summed E-state index contributed by atoms with van der Waals surface area (Å²) in [6.07, 6.45) is 0.612. The molecular formula is C22H20BrN3O3. The summed E-state index contributed by atoms with van der Waals surface area (Å²) in [7, 11) is 0. The van der Waals surface area contributed by atoms with Crippen LogP contribution in [0.25, 0.3) is 0 Å². The third-order valence-electron chi connectivity index (χ3n) is 4.44. The number of nitrogens with two attached hydrogens (primary N) is 1. The van der Waals surface area contributed by atoms with Crippen LogP contribution in [0.5, 0.6) is 0 Å². The molecule has 1 heterocycles. The monoisotopic (exact) mass is 453 g/mol. The van der Waals surface area contributed by atoms with Gasteiger partial charge in [0.2, 0.25) is 5.91 Å². The molecule has 0 radical (unpaired) electrons. The highest BCUT2D eigenvalue weighted by atomic mass is 79.9. The van der Waals surface area contributed by atoms with Crippen LogP contribution in [0.2, 0.25) is 0 Å². The Morgan fingerprint density at radius 1 is 1.03 bits per heavy atom. The van der Waals surface area contributed by atoms with Crippen molar-refractivity contribution < 1.29 is 9.59 Å². The standard InChI is InChI=1S/C22H20BrN3O3/c1-14-10-18(11-15-2-6-17(7-3-15)21(24)28)22(29)26(25-14)13-20(27)12-16-4-8-19(23)9-5-16/h2-10H,11-13H2,1H3,(H2,24,28). The molecule has 2 aromatic carbocycles. The highest BCUT2D eigenvalue weighted by Gasteiger charge is 2.12. The van der Waals surface area contributed by atoms with Gasteiger partial charge in [0.05, 0.1) is 5.69 Å². The molecule has 6 nitrogen and oxygen atoms in total. The number of Topliss-reactive ketones (excluding diaryl/α,β-unsaturated/α-hetero) is 1. The molecule has 0 saturated carbocycles. The van der Waals surface area contributed by atoms with Crippen molar-refractivity contribution >= 4 is 27.6 Å². The van der Waals surface area contributed by atoms with Gasteiger partial charge in [0.25, 0.3) is 5.56 Å². The number of hydrogen-bond acceptors (Lipinski definition) is 4. The lowest BCUT2D eigenvalue weighted by Gasteiger charge is -2.09. The van der Waals surface area contributed by atoms with Crippen LogP contribution >= 0.6 is 15.9 Å². The molecule has 2 N–H and O–H groups in total. The van der Waals surface area contributed by atoms with Gasteiger partial charge in [-0.3, -0.25) is 14.4 Å². The van der Waals surface area contributed by atoms with E-state index in [1.54, 1.807) is 37.3 Å². The lowest BCUT2D eigenvalue weighted by atomic mass is 10.0. The first-order chi connectivity index (χ1) is 13.8. The quantitative estimate of drug-likeness (QED) is 0.594. The van der Waals surface area contributed by atoms with Crippen LogP contribution in [0.1, 0.15) is 32.7 Å². The first-order valence-corrected chi connectivity index (χ1v) is 9.83. The van der Waals surface area contributed by atoms with Gasteiger partial charge in [-0.1, -0.05) is 40.2 Å². The zero-order chi connectivity index (χ0) is 21.0. The van der Waals surface area contributed by atoms with Crippen LogP contribution in [0.4, 0.5) is 0 Å². The molecule has 0 aliphatic heterocycles. The second kappa shape index (κ2) is 8.96. The fourth-order valence-electron chi connectivity index (χ4n) is 3.04. The number of amides is 1. The zero-order valence-corrected chi connectivity index (χ0v) is 17.5. The summed E-state index contributed by atoms with van der Waals surface area (Å²) in [5.41, 5.74) is 8.32. The van der Waals surface area contributed by atoms with Crippen molar-refractivity contribution in [3.8, 4) is 0 Å². The number of carbonyl (C=O) groups is 2. The smallest absolute Gasteiger partial charge is 0.270 e. The van der Waals surface area contributed by atoms with Crippen molar-refractivity contribution in [2.45, 2.75) is 26.3 Å². The maximum absolute atomic E-state index is 12.8. The van der Waals surface area contributed by atoms with Crippen LogP contribution in [-0.4, -0.2) is 21.5 Å². The second-order valence-electron chi connectivity index (χ2n) is 6.85. The Kier molecular flexibility index (Phi) is 6.39. The van der Waals surface area contributed by atoms with E-state index in [9.17, 15) is 14.4 Å². The van der Waals surface area contributed by atoms with Crippen LogP contribution in [0.15, 0.2) is 63.9 Å². The minimum Gasteiger partial charge on any atom is -0.366 e. The summed E-state index contributed by atoms with van der Waals surface area (Å²) in [5, 5.41) is 4.22. The van der Waals surface area contributed by atoms with Gasteiger partial charge in [0.15, 0.2) is 5.78 Å². The summed E-state index contributed by atoms with van der Waals surface area (Å²) in [6, 6.07) is 16.0. The molecule has 29 heavy (non-hydrogen) atoms. The van der Waals surface area contributed by atoms with Crippen LogP contribution < -0.4 is 11.3 Å². The van der Waals surface area contributed by atoms with Crippen molar-refractivity contribution in [2.24, 2.45) is 5.73 Å². The molecule has 0 aliphatic rings. The Balaban J connectivity index is 1.77. The Hall–Kier alpha value is -3.06. The lowest BCUT2D eigenvalue weighted by molar-refractivity contribution is -0.119. The molecule has 3 rings (SSSR count). The van der Waals surface area contributed by atoms with E-state index in [2.05, 4.69) is 21.0 Å². The molecule has 0 fully saturated rings. The predicted molar refractivity (Wildman–Crippen MR) is 114 cm³/mol. The summed E-state index contributed by atoms with van der Waals surface area (Å²) in [4.78, 5) is 36.4. The third kappa shape index (κ3) is 5.48. The first kappa shape index (κ1) is 20.7. The molecule has 0 aliphatic carbocycles. The molecule has 0 unspecified atom stereocenters. The summed E-state index contributed by atoms with van der Waals surface area (Å²) in [5.74, 6) is -0.591. The molecule has 1 aromatic heterocycles. The summed E-state index contributed by atoms with van der Waals surface area (Å²) >= 11 is 3.37. The molecule has 148 valence electrons. The average Bonchev–Trinajstić information content (AvgIpc) is 2.67. The minimum absolute atomic E-state index is 0.0792. The van der Waals surface area contributed by atoms with Crippen molar-refractivity contribution in [2.75, 3.05) is 0 Å². The first-order valence-electron chi connectivity index (χ1n) is 9.04. The molecule has 7 heteroatoms. The van der Waals surface area contributed by atoms with Gasteiger partial charge in [-0.15, -0.1) is 0 Å². The number of ketones is 1. The van der Waals surface area contributed by atoms with Crippen molar-refractivity contribution in [3.63, 3.8) is 0 Å². The fraction of sp³-hybridized carbons (Fsp3) is 0.182. The maximum atomic E-state index is 12.8. The van der Waals surface area contributed by atoms with Gasteiger partial charge >= 0.3 is 0 Å². The highest BCUT2D eigenvalue weighted by Crippen LogP contribution is 2.12. The largest absolute Gasteiger partial charge is 0.366 e. The van der Waals surface area contributed by atoms with E-state index in [4.69, 9.17) is 5.73 Å². The molecule has 1 amide bonds. The Morgan fingerprint density at radius 2 is 1.66 bits per heavy atom. The van der Waals surface area contributed by atoms with Gasteiger partial charge < -0.3 is 5.73 Å². The highest BCUT2D eigenvalue weighted by molar-refractivity contribution is 9.10. The fourth-order valence-corrected chi connectivity index (χ4v) is 3.30. The van der Waals surface area contributed by atoms with Gasteiger partial charge in [0.1, 0.15) is 6.54 Å². The van der Waals surface area contributed by atoms with E-state index in [0.717, 1.165) is 15.6 Å². The van der Waals surface area contributed by atoms with E-state index in [1.165, 1.54) is 4.68 Å². The van der Waals surface area contributed by atoms with E-state index >= 15 is 0 Å². The van der Waals surface area contributed by atoms with E-state index < -0.39 is 5.91 Å². The Morgan fingerprint density at radius 3 is 2.28 bits per heavy atom. The van der Waals surface area contributed by atoms with Gasteiger partial charge in [-0.2, -0.15) is 5.10 Å². The van der Waals surface area contributed by atoms with Crippen LogP contribution in [0.3, 0.4) is 0 Å². The van der Waals surface area contributed by atoms with Gasteiger partial charge in [-0.25, -0.2) is 4.68 Å². The number of primary amides is 1. The lowest BCUT2D eigenvalue weighted by Crippen LogP contribution is -2.30. The number of halogens is 1. The topological polar surface area (TPSA) is 95.0 Å². The van der Waals surface area contributed by atoms with Crippen molar-refractivity contribution in [3.05, 3.63) is 97.4 Å². The molecule has 0 atom stereocenters. The van der Waals surface area contributed by atoms with Gasteiger partial charge in [0, 0.05) is 28.4 Å². The molecule has 0 bridgehead atoms. The van der Waals surface area contributed by atoms with E-state index in [0.29, 0.717) is 23.2 Å². The zero-order valence-electron chi connectivity index (χ0n) is 15.9. The average molecular weight is 454 g/mol. The number of rotatable bonds is 7. The molecule has 0 saturated heterocycles. The number of benzene rings is 2. The van der Waals surface area contributed by atoms with Crippen LogP contribution in [-0.2, 0) is 24.2 Å². The number of hydrogen-bond donors (Lipinski definition) is 1. The minimum atomic E-state index is -0.497.